The second-order valence-corrected chi connectivity index (χ2v) is 4.63. The summed E-state index contributed by atoms with van der Waals surface area (Å²) in [6, 6.07) is 7.75. The van der Waals surface area contributed by atoms with Crippen LogP contribution in [0.4, 0.5) is 5.69 Å². The molecule has 0 amide bonds. The summed E-state index contributed by atoms with van der Waals surface area (Å²) in [6.07, 6.45) is 1.60. The Labute approximate surface area is 95.2 Å². The Bertz CT molecular complexity index is 449. The van der Waals surface area contributed by atoms with Crippen LogP contribution in [0.2, 0.25) is 0 Å². The average molecular weight is 217 g/mol. The molecule has 84 valence electrons. The van der Waals surface area contributed by atoms with Crippen molar-refractivity contribution in [1.82, 2.24) is 0 Å². The summed E-state index contributed by atoms with van der Waals surface area (Å²) in [7, 11) is 0. The molecule has 16 heavy (non-hydrogen) atoms. The molecule has 0 aliphatic carbocycles. The van der Waals surface area contributed by atoms with Crippen LogP contribution in [-0.2, 0) is 9.53 Å². The van der Waals surface area contributed by atoms with Crippen LogP contribution < -0.4 is 0 Å². The van der Waals surface area contributed by atoms with Gasteiger partial charge < -0.3 is 4.74 Å². The number of ether oxygens (including phenoxy) is 1. The lowest BCUT2D eigenvalue weighted by atomic mass is 9.81. The lowest BCUT2D eigenvalue weighted by Gasteiger charge is -2.34. The molecule has 0 saturated carbocycles. The minimum atomic E-state index is -0.264. The summed E-state index contributed by atoms with van der Waals surface area (Å²) >= 11 is 0. The number of hydrogen-bond acceptors (Lipinski definition) is 3. The van der Waals surface area contributed by atoms with Crippen molar-refractivity contribution < 1.29 is 9.53 Å². The molecule has 3 nitrogen and oxygen atoms in total. The largest absolute Gasteiger partial charge is 0.457 e. The number of carbonyl (C=O) groups is 1. The van der Waals surface area contributed by atoms with Crippen LogP contribution in [0.5, 0.6) is 0 Å². The smallest absolute Gasteiger partial charge is 0.303 e. The molecule has 0 spiro atoms. The average Bonchev–Trinajstić information content (AvgIpc) is 2.22. The first kappa shape index (κ1) is 10.9. The first-order valence-corrected chi connectivity index (χ1v) is 5.32. The van der Waals surface area contributed by atoms with E-state index in [-0.39, 0.29) is 17.5 Å². The van der Waals surface area contributed by atoms with E-state index in [0.717, 1.165) is 11.3 Å². The Hall–Kier alpha value is -1.64. The first-order valence-electron chi connectivity index (χ1n) is 5.32. The van der Waals surface area contributed by atoms with Gasteiger partial charge in [-0.25, -0.2) is 0 Å². The SMILES string of the molecule is CC(=O)OC1c2ccccc2N=CC1(C)C. The number of esters is 1. The minimum absolute atomic E-state index is 0.251. The maximum Gasteiger partial charge on any atom is 0.303 e. The number of benzene rings is 1. The van der Waals surface area contributed by atoms with E-state index in [1.165, 1.54) is 6.92 Å². The predicted octanol–water partition coefficient (Wildman–Crippen LogP) is 3.03. The number of hydrogen-bond donors (Lipinski definition) is 0. The monoisotopic (exact) mass is 217 g/mol. The Morgan fingerprint density at radius 3 is 2.75 bits per heavy atom. The molecule has 0 radical (unpaired) electrons. The van der Waals surface area contributed by atoms with E-state index in [0.29, 0.717) is 0 Å². The van der Waals surface area contributed by atoms with Gasteiger partial charge in [0.2, 0.25) is 0 Å². The number of carbonyl (C=O) groups excluding carboxylic acids is 1. The third-order valence-electron chi connectivity index (χ3n) is 2.72. The molecule has 1 aromatic rings. The molecule has 0 aromatic heterocycles. The topological polar surface area (TPSA) is 38.7 Å². The van der Waals surface area contributed by atoms with E-state index in [1.54, 1.807) is 0 Å². The maximum absolute atomic E-state index is 11.1. The Morgan fingerprint density at radius 2 is 2.06 bits per heavy atom. The van der Waals surface area contributed by atoms with E-state index in [4.69, 9.17) is 4.74 Å². The quantitative estimate of drug-likeness (QED) is 0.678. The Kier molecular flexibility index (Phi) is 2.54. The maximum atomic E-state index is 11.1. The molecule has 2 rings (SSSR count). The summed E-state index contributed by atoms with van der Waals surface area (Å²) in [5.41, 5.74) is 1.60. The lowest BCUT2D eigenvalue weighted by Crippen LogP contribution is -2.29. The van der Waals surface area contributed by atoms with Crippen LogP contribution in [0.25, 0.3) is 0 Å². The van der Waals surface area contributed by atoms with Gasteiger partial charge in [-0.3, -0.25) is 9.79 Å². The second kappa shape index (κ2) is 3.74. The van der Waals surface area contributed by atoms with Crippen LogP contribution in [0.15, 0.2) is 29.3 Å². The van der Waals surface area contributed by atoms with E-state index < -0.39 is 0 Å². The summed E-state index contributed by atoms with van der Waals surface area (Å²) < 4.78 is 5.40. The molecule has 1 aromatic carbocycles. The van der Waals surface area contributed by atoms with Gasteiger partial charge in [-0.1, -0.05) is 32.0 Å². The van der Waals surface area contributed by atoms with E-state index in [2.05, 4.69) is 4.99 Å². The first-order chi connectivity index (χ1) is 7.50. The van der Waals surface area contributed by atoms with Crippen molar-refractivity contribution in [1.29, 1.82) is 0 Å². The minimum Gasteiger partial charge on any atom is -0.457 e. The van der Waals surface area contributed by atoms with Crippen molar-refractivity contribution in [2.45, 2.75) is 26.9 Å². The summed E-state index contributed by atoms with van der Waals surface area (Å²) in [6.45, 7) is 5.46. The van der Waals surface area contributed by atoms with Gasteiger partial charge in [0.25, 0.3) is 0 Å². The number of aliphatic imine (C=N–C) groups is 1. The molecule has 1 aliphatic heterocycles. The molecule has 1 unspecified atom stereocenters. The van der Waals surface area contributed by atoms with E-state index in [1.807, 2.05) is 44.3 Å². The highest BCUT2D eigenvalue weighted by Gasteiger charge is 2.36. The molecule has 3 heteroatoms. The van der Waals surface area contributed by atoms with Crippen LogP contribution >= 0.6 is 0 Å². The highest BCUT2D eigenvalue weighted by Crippen LogP contribution is 2.43. The number of nitrogens with zero attached hydrogens (tertiary/aromatic N) is 1. The molecule has 1 aliphatic rings. The van der Waals surface area contributed by atoms with Crippen molar-refractivity contribution in [3.05, 3.63) is 29.8 Å². The zero-order chi connectivity index (χ0) is 11.8. The van der Waals surface area contributed by atoms with E-state index >= 15 is 0 Å². The van der Waals surface area contributed by atoms with Gasteiger partial charge in [0, 0.05) is 24.1 Å². The van der Waals surface area contributed by atoms with Gasteiger partial charge in [0.15, 0.2) is 0 Å². The number of para-hydroxylation sites is 1. The molecule has 1 atom stereocenters. The highest BCUT2D eigenvalue weighted by atomic mass is 16.5. The normalized spacial score (nSPS) is 21.3. The fourth-order valence-electron chi connectivity index (χ4n) is 1.91. The predicted molar refractivity (Wildman–Crippen MR) is 62.9 cm³/mol. The van der Waals surface area contributed by atoms with Crippen molar-refractivity contribution >= 4 is 17.9 Å². The third-order valence-corrected chi connectivity index (χ3v) is 2.72. The van der Waals surface area contributed by atoms with E-state index in [9.17, 15) is 4.79 Å². The number of rotatable bonds is 1. The molecule has 1 heterocycles. The van der Waals surface area contributed by atoms with Crippen LogP contribution in [0, 0.1) is 5.41 Å². The zero-order valence-electron chi connectivity index (χ0n) is 9.73. The summed E-state index contributed by atoms with van der Waals surface area (Å²) in [5, 5.41) is 0. The van der Waals surface area contributed by atoms with Crippen molar-refractivity contribution in [3.63, 3.8) is 0 Å². The fraction of sp³-hybridized carbons (Fsp3) is 0.385. The van der Waals surface area contributed by atoms with Gasteiger partial charge in [0.05, 0.1) is 5.69 Å². The van der Waals surface area contributed by atoms with Gasteiger partial charge in [-0.2, -0.15) is 0 Å². The van der Waals surface area contributed by atoms with Gasteiger partial charge in [0.1, 0.15) is 6.10 Å². The van der Waals surface area contributed by atoms with Gasteiger partial charge >= 0.3 is 5.97 Å². The van der Waals surface area contributed by atoms with Crippen molar-refractivity contribution in [3.8, 4) is 0 Å². The van der Waals surface area contributed by atoms with Crippen LogP contribution in [-0.4, -0.2) is 12.2 Å². The molecule has 0 saturated heterocycles. The molecule has 0 bridgehead atoms. The van der Waals surface area contributed by atoms with Crippen molar-refractivity contribution in [2.24, 2.45) is 10.4 Å². The zero-order valence-corrected chi connectivity index (χ0v) is 9.73. The third kappa shape index (κ3) is 1.85. The summed E-state index contributed by atoms with van der Waals surface area (Å²) in [4.78, 5) is 15.5. The second-order valence-electron chi connectivity index (χ2n) is 4.63. The Morgan fingerprint density at radius 1 is 1.38 bits per heavy atom. The van der Waals surface area contributed by atoms with Crippen LogP contribution in [0.1, 0.15) is 32.4 Å². The van der Waals surface area contributed by atoms with Crippen LogP contribution in [0.3, 0.4) is 0 Å². The molecule has 0 N–H and O–H groups in total. The Balaban J connectivity index is 2.46. The van der Waals surface area contributed by atoms with Crippen molar-refractivity contribution in [2.75, 3.05) is 0 Å². The highest BCUT2D eigenvalue weighted by molar-refractivity contribution is 5.76. The standard InChI is InChI=1S/C13H15NO2/c1-9(15)16-12-10-6-4-5-7-11(10)14-8-13(12,2)3/h4-8,12H,1-3H3. The fourth-order valence-corrected chi connectivity index (χ4v) is 1.91. The molecule has 0 fully saturated rings. The number of fused-ring (bicyclic) bond motifs is 1. The van der Waals surface area contributed by atoms with Gasteiger partial charge in [-0.15, -0.1) is 0 Å². The molecular formula is C13H15NO2. The molecular weight excluding hydrogens is 202 g/mol. The van der Waals surface area contributed by atoms with Gasteiger partial charge in [-0.05, 0) is 6.07 Å². The summed E-state index contributed by atoms with van der Waals surface area (Å²) in [5.74, 6) is -0.261. The lowest BCUT2D eigenvalue weighted by molar-refractivity contribution is -0.150.